The molecule has 116 valence electrons. The molecule has 1 unspecified atom stereocenters. The Hall–Kier alpha value is 0.167. The molecule has 0 saturated heterocycles. The van der Waals surface area contributed by atoms with Crippen molar-refractivity contribution in [3.8, 4) is 0 Å². The van der Waals surface area contributed by atoms with Crippen molar-refractivity contribution in [3.05, 3.63) is 0 Å². The Morgan fingerprint density at radius 3 is 1.32 bits per heavy atom. The van der Waals surface area contributed by atoms with Crippen molar-refractivity contribution in [1.29, 1.82) is 0 Å². The largest absolute Gasteiger partial charge is 0.460 e. The fraction of sp³-hybridized carbons (Fsp3) is 1.00. The molecule has 0 aliphatic carbocycles. The Kier molecular flexibility index (Phi) is 4.91. The second kappa shape index (κ2) is 4.87. The first kappa shape index (κ1) is 19.2. The van der Waals surface area contributed by atoms with Crippen LogP contribution in [-0.2, 0) is 0 Å². The van der Waals surface area contributed by atoms with Crippen molar-refractivity contribution in [1.82, 2.24) is 0 Å². The third-order valence-electron chi connectivity index (χ3n) is 2.47. The van der Waals surface area contributed by atoms with Crippen LogP contribution >= 0.6 is 22.2 Å². The molecule has 1 atom stereocenters. The van der Waals surface area contributed by atoms with Gasteiger partial charge < -0.3 is 0 Å². The maximum absolute atomic E-state index is 13.3. The predicted molar refractivity (Wildman–Crippen MR) is 53.6 cm³/mol. The SMILES string of the molecule is CC(C(F)(F)C(F)(F)C(F)(F)C(F)(F)F)[Si](C)(Cl)Cl. The molecule has 0 bridgehead atoms. The zero-order valence-corrected chi connectivity index (χ0v) is 11.7. The van der Waals surface area contributed by atoms with Crippen LogP contribution in [0, 0.1) is 0 Å². The fourth-order valence-corrected chi connectivity index (χ4v) is 2.62. The van der Waals surface area contributed by atoms with Crippen LogP contribution in [0.5, 0.6) is 0 Å². The van der Waals surface area contributed by atoms with Crippen LogP contribution in [0.3, 0.4) is 0 Å². The van der Waals surface area contributed by atoms with Crippen molar-refractivity contribution in [2.24, 2.45) is 0 Å². The summed E-state index contributed by atoms with van der Waals surface area (Å²) in [6.07, 6.45) is -6.84. The molecule has 0 nitrogen and oxygen atoms in total. The molecule has 0 aromatic rings. The summed E-state index contributed by atoms with van der Waals surface area (Å²) in [6, 6.07) is 0. The van der Waals surface area contributed by atoms with E-state index in [1.54, 1.807) is 0 Å². The Labute approximate surface area is 112 Å². The molecule has 0 aliphatic rings. The summed E-state index contributed by atoms with van der Waals surface area (Å²) in [5, 5.41) is 0. The quantitative estimate of drug-likeness (QED) is 0.358. The van der Waals surface area contributed by atoms with Crippen LogP contribution in [0.15, 0.2) is 0 Å². The summed E-state index contributed by atoms with van der Waals surface area (Å²) in [7, 11) is 0. The molecule has 0 aromatic heterocycles. The van der Waals surface area contributed by atoms with E-state index in [0.29, 0.717) is 13.5 Å². The van der Waals surface area contributed by atoms with Gasteiger partial charge in [0.1, 0.15) is 0 Å². The lowest BCUT2D eigenvalue weighted by molar-refractivity contribution is -0.396. The van der Waals surface area contributed by atoms with Gasteiger partial charge in [0.25, 0.3) is 6.69 Å². The van der Waals surface area contributed by atoms with Gasteiger partial charge in [0, 0.05) is 5.54 Å². The molecule has 0 heterocycles. The summed E-state index contributed by atoms with van der Waals surface area (Å²) in [6.45, 7) is -3.13. The maximum atomic E-state index is 13.3. The molecule has 19 heavy (non-hydrogen) atoms. The smallest absolute Gasteiger partial charge is 0.200 e. The first-order valence-corrected chi connectivity index (χ1v) is 9.08. The van der Waals surface area contributed by atoms with Gasteiger partial charge >= 0.3 is 23.9 Å². The average molecular weight is 361 g/mol. The van der Waals surface area contributed by atoms with Gasteiger partial charge in [-0.1, -0.05) is 6.92 Å². The second-order valence-electron chi connectivity index (χ2n) is 3.95. The molecule has 0 spiro atoms. The lowest BCUT2D eigenvalue weighted by atomic mass is 10.0. The summed E-state index contributed by atoms with van der Waals surface area (Å²) < 4.78 is 113. The highest BCUT2D eigenvalue weighted by Crippen LogP contribution is 2.58. The lowest BCUT2D eigenvalue weighted by Crippen LogP contribution is -2.63. The minimum atomic E-state index is -6.91. The van der Waals surface area contributed by atoms with E-state index in [2.05, 4.69) is 0 Å². The molecule has 0 fully saturated rings. The first-order valence-electron chi connectivity index (χ1n) is 4.48. The van der Waals surface area contributed by atoms with E-state index in [9.17, 15) is 39.5 Å². The lowest BCUT2D eigenvalue weighted by Gasteiger charge is -2.38. The number of alkyl halides is 9. The highest BCUT2D eigenvalue weighted by Gasteiger charge is 2.83. The van der Waals surface area contributed by atoms with E-state index in [-0.39, 0.29) is 0 Å². The van der Waals surface area contributed by atoms with Crippen LogP contribution in [0.2, 0.25) is 12.1 Å². The first-order chi connectivity index (χ1) is 7.90. The van der Waals surface area contributed by atoms with E-state index in [4.69, 9.17) is 22.2 Å². The van der Waals surface area contributed by atoms with Gasteiger partial charge in [-0.3, -0.25) is 0 Å². The summed E-state index contributed by atoms with van der Waals surface area (Å²) in [4.78, 5) is 0. The maximum Gasteiger partial charge on any atom is 0.460 e. The molecule has 0 aliphatic heterocycles. The van der Waals surface area contributed by atoms with Gasteiger partial charge in [0.15, 0.2) is 0 Å². The van der Waals surface area contributed by atoms with Gasteiger partial charge in [-0.2, -0.15) is 39.5 Å². The van der Waals surface area contributed by atoms with Gasteiger partial charge in [0.05, 0.1) is 0 Å². The molecule has 12 heteroatoms. The minimum Gasteiger partial charge on any atom is -0.200 e. The topological polar surface area (TPSA) is 0 Å². The molecular formula is C7H7Cl2F9Si. The Morgan fingerprint density at radius 1 is 0.789 bits per heavy atom. The molecule has 0 saturated carbocycles. The van der Waals surface area contributed by atoms with Crippen LogP contribution < -0.4 is 0 Å². The van der Waals surface area contributed by atoms with Crippen LogP contribution in [-0.4, -0.2) is 30.6 Å². The van der Waals surface area contributed by atoms with Crippen LogP contribution in [0.25, 0.3) is 0 Å². The average Bonchev–Trinajstić information content (AvgIpc) is 2.12. The van der Waals surface area contributed by atoms with Crippen molar-refractivity contribution in [3.63, 3.8) is 0 Å². The van der Waals surface area contributed by atoms with Crippen LogP contribution in [0.4, 0.5) is 39.5 Å². The summed E-state index contributed by atoms with van der Waals surface area (Å²) in [5.74, 6) is -19.3. The monoisotopic (exact) mass is 360 g/mol. The van der Waals surface area contributed by atoms with E-state index >= 15 is 0 Å². The molecule has 0 N–H and O–H groups in total. The number of rotatable bonds is 4. The van der Waals surface area contributed by atoms with Crippen molar-refractivity contribution in [2.75, 3.05) is 0 Å². The zero-order chi connectivity index (χ0) is 16.1. The summed E-state index contributed by atoms with van der Waals surface area (Å²) in [5.41, 5.74) is -2.73. The van der Waals surface area contributed by atoms with Crippen LogP contribution in [0.1, 0.15) is 6.92 Å². The van der Waals surface area contributed by atoms with Gasteiger partial charge in [-0.25, -0.2) is 0 Å². The molecular weight excluding hydrogens is 354 g/mol. The van der Waals surface area contributed by atoms with Crippen molar-refractivity contribution in [2.45, 2.75) is 43.0 Å². The Balaban J connectivity index is 5.78. The molecule has 0 amide bonds. The van der Waals surface area contributed by atoms with Gasteiger partial charge in [-0.05, 0) is 6.55 Å². The zero-order valence-electron chi connectivity index (χ0n) is 9.23. The number of halogens is 11. The van der Waals surface area contributed by atoms with Crippen molar-refractivity contribution < 1.29 is 39.5 Å². The normalized spacial score (nSPS) is 17.5. The minimum absolute atomic E-state index is 0.298. The van der Waals surface area contributed by atoms with E-state index in [1.165, 1.54) is 0 Å². The second-order valence-corrected chi connectivity index (χ2v) is 12.0. The summed E-state index contributed by atoms with van der Waals surface area (Å²) >= 11 is 10.4. The standard InChI is InChI=1S/C7H7Cl2F9Si/c1-3(19(2,8)9)4(10,11)5(12,13)6(14,15)7(16,17)18/h3H,1-2H3. The van der Waals surface area contributed by atoms with Gasteiger partial charge in [-0.15, -0.1) is 22.2 Å². The van der Waals surface area contributed by atoms with E-state index in [0.717, 1.165) is 0 Å². The Bertz CT molecular complexity index is 332. The molecule has 0 radical (unpaired) electrons. The third kappa shape index (κ3) is 3.10. The number of hydrogen-bond donors (Lipinski definition) is 0. The van der Waals surface area contributed by atoms with Crippen molar-refractivity contribution >= 4 is 28.9 Å². The van der Waals surface area contributed by atoms with E-state index in [1.807, 2.05) is 0 Å². The van der Waals surface area contributed by atoms with E-state index < -0.39 is 36.2 Å². The molecule has 0 aromatic carbocycles. The fourth-order valence-electron chi connectivity index (χ4n) is 0.978. The highest BCUT2D eigenvalue weighted by atomic mass is 35.7. The number of hydrogen-bond acceptors (Lipinski definition) is 0. The predicted octanol–water partition coefficient (Wildman–Crippen LogP) is 5.39. The highest BCUT2D eigenvalue weighted by molar-refractivity contribution is 7.45. The molecule has 0 rings (SSSR count). The Morgan fingerprint density at radius 2 is 1.11 bits per heavy atom. The van der Waals surface area contributed by atoms with Gasteiger partial charge in [0.2, 0.25) is 0 Å². The third-order valence-corrected chi connectivity index (χ3v) is 6.32.